The Morgan fingerprint density at radius 1 is 1.53 bits per heavy atom. The van der Waals surface area contributed by atoms with E-state index < -0.39 is 10.0 Å². The van der Waals surface area contributed by atoms with Gasteiger partial charge in [0.05, 0.1) is 11.9 Å². The summed E-state index contributed by atoms with van der Waals surface area (Å²) in [6, 6.07) is 0. The van der Waals surface area contributed by atoms with Gasteiger partial charge in [0.2, 0.25) is 0 Å². The van der Waals surface area contributed by atoms with Crippen LogP contribution in [0.5, 0.6) is 0 Å². The van der Waals surface area contributed by atoms with Crippen LogP contribution < -0.4 is 10.5 Å². The Bertz CT molecular complexity index is 628. The van der Waals surface area contributed by atoms with Crippen molar-refractivity contribution in [2.45, 2.75) is 11.8 Å². The molecule has 0 aliphatic carbocycles. The molecule has 2 heterocycles. The van der Waals surface area contributed by atoms with Gasteiger partial charge in [-0.2, -0.15) is 5.10 Å². The summed E-state index contributed by atoms with van der Waals surface area (Å²) in [4.78, 5) is -0.0406. The zero-order valence-corrected chi connectivity index (χ0v) is 10.0. The number of nitrogens with one attached hydrogen (secondary N) is 1. The Morgan fingerprint density at radius 3 is 2.71 bits per heavy atom. The molecule has 0 unspecified atom stereocenters. The molecule has 2 aromatic rings. The van der Waals surface area contributed by atoms with Gasteiger partial charge >= 0.3 is 0 Å². The molecule has 17 heavy (non-hydrogen) atoms. The lowest BCUT2D eigenvalue weighted by Gasteiger charge is -2.04. The minimum absolute atomic E-state index is 0.0406. The minimum atomic E-state index is -3.78. The normalized spacial score (nSPS) is 11.6. The number of rotatable bonds is 3. The van der Waals surface area contributed by atoms with Crippen molar-refractivity contribution in [1.82, 2.24) is 14.9 Å². The molecule has 2 rings (SSSR count). The number of anilines is 2. The molecule has 9 heteroatoms. The molecule has 0 amide bonds. The second kappa shape index (κ2) is 3.77. The van der Waals surface area contributed by atoms with E-state index in [4.69, 9.17) is 5.73 Å². The van der Waals surface area contributed by atoms with Gasteiger partial charge in [0.1, 0.15) is 12.0 Å². The Morgan fingerprint density at radius 2 is 2.24 bits per heavy atom. The van der Waals surface area contributed by atoms with E-state index in [2.05, 4.69) is 19.5 Å². The monoisotopic (exact) mass is 257 g/mol. The van der Waals surface area contributed by atoms with Gasteiger partial charge in [-0.25, -0.2) is 8.42 Å². The summed E-state index contributed by atoms with van der Waals surface area (Å²) in [7, 11) is -2.17. The Labute approximate surface area is 97.4 Å². The van der Waals surface area contributed by atoms with Crippen molar-refractivity contribution in [1.29, 1.82) is 0 Å². The SMILES string of the molecule is Cc1c(S(=O)(=O)Nc2cnoc2)c(N)nn1C. The first kappa shape index (κ1) is 11.5. The molecule has 2 aromatic heterocycles. The lowest BCUT2D eigenvalue weighted by Crippen LogP contribution is -2.14. The number of hydrogen-bond donors (Lipinski definition) is 2. The van der Waals surface area contributed by atoms with Crippen LogP contribution in [0.3, 0.4) is 0 Å². The first-order valence-corrected chi connectivity index (χ1v) is 6.11. The summed E-state index contributed by atoms with van der Waals surface area (Å²) in [5.41, 5.74) is 6.25. The molecule has 0 radical (unpaired) electrons. The fourth-order valence-electron chi connectivity index (χ4n) is 1.41. The molecular formula is C8H11N5O3S. The third-order valence-corrected chi connectivity index (χ3v) is 3.80. The van der Waals surface area contributed by atoms with Crippen LogP contribution >= 0.6 is 0 Å². The maximum atomic E-state index is 12.0. The van der Waals surface area contributed by atoms with Crippen LogP contribution in [0.4, 0.5) is 11.5 Å². The number of aryl methyl sites for hydroxylation is 1. The van der Waals surface area contributed by atoms with Crippen molar-refractivity contribution < 1.29 is 12.9 Å². The largest absolute Gasteiger partial charge is 0.381 e. The van der Waals surface area contributed by atoms with Crippen LogP contribution in [-0.2, 0) is 17.1 Å². The Balaban J connectivity index is 2.45. The quantitative estimate of drug-likeness (QED) is 0.805. The molecule has 0 saturated carbocycles. The maximum absolute atomic E-state index is 12.0. The molecule has 0 aliphatic rings. The average molecular weight is 257 g/mol. The van der Waals surface area contributed by atoms with E-state index in [1.807, 2.05) is 0 Å². The van der Waals surface area contributed by atoms with Crippen LogP contribution in [-0.4, -0.2) is 23.4 Å². The van der Waals surface area contributed by atoms with E-state index in [0.29, 0.717) is 5.69 Å². The summed E-state index contributed by atoms with van der Waals surface area (Å²) in [6.07, 6.45) is 2.43. The highest BCUT2D eigenvalue weighted by Crippen LogP contribution is 2.23. The van der Waals surface area contributed by atoms with E-state index in [1.165, 1.54) is 17.1 Å². The Kier molecular flexibility index (Phi) is 2.54. The van der Waals surface area contributed by atoms with Gasteiger partial charge in [-0.1, -0.05) is 5.16 Å². The molecule has 8 nitrogen and oxygen atoms in total. The molecule has 0 spiro atoms. The predicted octanol–water partition coefficient (Wildman–Crippen LogP) is 0.0995. The van der Waals surface area contributed by atoms with E-state index in [1.54, 1.807) is 14.0 Å². The van der Waals surface area contributed by atoms with Crippen LogP contribution in [0.1, 0.15) is 5.69 Å². The van der Waals surface area contributed by atoms with E-state index in [9.17, 15) is 8.42 Å². The highest BCUT2D eigenvalue weighted by atomic mass is 32.2. The summed E-state index contributed by atoms with van der Waals surface area (Å²) < 4.78 is 32.3. The molecular weight excluding hydrogens is 246 g/mol. The molecule has 0 fully saturated rings. The van der Waals surface area contributed by atoms with Crippen molar-refractivity contribution in [2.75, 3.05) is 10.5 Å². The van der Waals surface area contributed by atoms with E-state index in [-0.39, 0.29) is 16.4 Å². The number of hydrogen-bond acceptors (Lipinski definition) is 6. The lowest BCUT2D eigenvalue weighted by molar-refractivity contribution is 0.420. The average Bonchev–Trinajstić information content (AvgIpc) is 2.76. The van der Waals surface area contributed by atoms with Gasteiger partial charge in [-0.3, -0.25) is 9.40 Å². The first-order chi connectivity index (χ1) is 7.92. The second-order valence-corrected chi connectivity index (χ2v) is 5.06. The Hall–Kier alpha value is -2.03. The summed E-state index contributed by atoms with van der Waals surface area (Å²) in [5.74, 6) is -0.0473. The van der Waals surface area contributed by atoms with Gasteiger partial charge < -0.3 is 10.3 Å². The van der Waals surface area contributed by atoms with Crippen molar-refractivity contribution in [3.63, 3.8) is 0 Å². The molecule has 3 N–H and O–H groups in total. The van der Waals surface area contributed by atoms with Crippen LogP contribution in [0.25, 0.3) is 0 Å². The molecule has 0 saturated heterocycles. The first-order valence-electron chi connectivity index (χ1n) is 4.63. The minimum Gasteiger partial charge on any atom is -0.381 e. The molecule has 92 valence electrons. The van der Waals surface area contributed by atoms with Crippen molar-refractivity contribution in [2.24, 2.45) is 7.05 Å². The smallest absolute Gasteiger partial charge is 0.267 e. The number of nitrogen functional groups attached to an aromatic ring is 1. The van der Waals surface area contributed by atoms with Gasteiger partial charge in [0.25, 0.3) is 10.0 Å². The van der Waals surface area contributed by atoms with Gasteiger partial charge in [-0.05, 0) is 6.92 Å². The standard InChI is InChI=1S/C8H11N5O3S/c1-5-7(8(9)11-13(5)2)17(14,15)12-6-3-10-16-4-6/h3-4,12H,1-2H3,(H2,9,11). The third-order valence-electron chi connectivity index (χ3n) is 2.26. The zero-order chi connectivity index (χ0) is 12.6. The fraction of sp³-hybridized carbons (Fsp3) is 0.250. The van der Waals surface area contributed by atoms with Crippen LogP contribution in [0, 0.1) is 6.92 Å². The summed E-state index contributed by atoms with van der Waals surface area (Å²) >= 11 is 0. The third kappa shape index (κ3) is 1.96. The number of nitrogens with two attached hydrogens (primary N) is 1. The van der Waals surface area contributed by atoms with Crippen molar-refractivity contribution in [3.8, 4) is 0 Å². The molecule has 0 aromatic carbocycles. The van der Waals surface area contributed by atoms with E-state index in [0.717, 1.165) is 0 Å². The second-order valence-electron chi connectivity index (χ2n) is 3.44. The zero-order valence-electron chi connectivity index (χ0n) is 9.21. The van der Waals surface area contributed by atoms with Crippen molar-refractivity contribution >= 4 is 21.5 Å². The summed E-state index contributed by atoms with van der Waals surface area (Å²) in [5, 5.41) is 7.24. The topological polar surface area (TPSA) is 116 Å². The molecule has 0 aliphatic heterocycles. The predicted molar refractivity (Wildman–Crippen MR) is 59.7 cm³/mol. The van der Waals surface area contributed by atoms with Crippen molar-refractivity contribution in [3.05, 3.63) is 18.2 Å². The number of nitrogens with zero attached hydrogens (tertiary/aromatic N) is 3. The highest BCUT2D eigenvalue weighted by Gasteiger charge is 2.25. The fourth-order valence-corrected chi connectivity index (χ4v) is 2.76. The molecule has 0 atom stereocenters. The van der Waals surface area contributed by atoms with Crippen LogP contribution in [0.2, 0.25) is 0 Å². The maximum Gasteiger partial charge on any atom is 0.267 e. The van der Waals surface area contributed by atoms with Gasteiger partial charge in [0, 0.05) is 7.05 Å². The summed E-state index contributed by atoms with van der Waals surface area (Å²) in [6.45, 7) is 1.62. The lowest BCUT2D eigenvalue weighted by atomic mass is 10.5. The number of aromatic nitrogens is 3. The molecule has 0 bridgehead atoms. The van der Waals surface area contributed by atoms with E-state index >= 15 is 0 Å². The van der Waals surface area contributed by atoms with Gasteiger partial charge in [-0.15, -0.1) is 0 Å². The number of sulfonamides is 1. The van der Waals surface area contributed by atoms with Crippen LogP contribution in [0.15, 0.2) is 21.9 Å². The van der Waals surface area contributed by atoms with Gasteiger partial charge in [0.15, 0.2) is 10.7 Å². The highest BCUT2D eigenvalue weighted by molar-refractivity contribution is 7.93.